The van der Waals surface area contributed by atoms with Gasteiger partial charge in [-0.25, -0.2) is 0 Å². The smallest absolute Gasteiger partial charge is 0.175 e. The van der Waals surface area contributed by atoms with Crippen LogP contribution in [0, 0.1) is 0 Å². The minimum atomic E-state index is 0.570. The molecule has 0 aliphatic rings. The highest BCUT2D eigenvalue weighted by atomic mass is 32.2. The van der Waals surface area contributed by atoms with Crippen LogP contribution in [0.1, 0.15) is 6.92 Å². The average Bonchev–Trinajstić information content (AvgIpc) is 2.50. The number of thioether (sulfide) groups is 1. The summed E-state index contributed by atoms with van der Waals surface area (Å²) in [4.78, 5) is 1.16. The molecule has 0 atom stereocenters. The molecule has 110 valence electrons. The predicted molar refractivity (Wildman–Crippen MR) is 95.7 cm³/mol. The molecule has 0 aliphatic carbocycles. The molecule has 2 N–H and O–H groups in total. The summed E-state index contributed by atoms with van der Waals surface area (Å²) >= 11 is 7.03. The van der Waals surface area contributed by atoms with Crippen molar-refractivity contribution in [2.24, 2.45) is 0 Å². The molecule has 2 aromatic carbocycles. The summed E-state index contributed by atoms with van der Waals surface area (Å²) in [6.45, 7) is 2.63. The number of anilines is 2. The summed E-state index contributed by atoms with van der Waals surface area (Å²) in [6, 6.07) is 15.8. The Balaban J connectivity index is 1.98. The summed E-state index contributed by atoms with van der Waals surface area (Å²) in [6.07, 6.45) is 2.05. The normalized spacial score (nSPS) is 10.0. The Labute approximate surface area is 135 Å². The van der Waals surface area contributed by atoms with Gasteiger partial charge in [0.15, 0.2) is 5.11 Å². The van der Waals surface area contributed by atoms with E-state index < -0.39 is 0 Å². The van der Waals surface area contributed by atoms with Crippen molar-refractivity contribution in [2.75, 3.05) is 23.5 Å². The van der Waals surface area contributed by atoms with Gasteiger partial charge in [0, 0.05) is 10.6 Å². The Morgan fingerprint density at radius 3 is 2.48 bits per heavy atom. The van der Waals surface area contributed by atoms with Crippen molar-refractivity contribution in [3.05, 3.63) is 48.5 Å². The van der Waals surface area contributed by atoms with Gasteiger partial charge in [0.2, 0.25) is 0 Å². The molecule has 0 radical (unpaired) electrons. The molecule has 0 spiro atoms. The van der Waals surface area contributed by atoms with E-state index in [1.165, 1.54) is 0 Å². The van der Waals surface area contributed by atoms with E-state index in [0.717, 1.165) is 22.0 Å². The molecule has 0 aromatic heterocycles. The molecule has 3 nitrogen and oxygen atoms in total. The van der Waals surface area contributed by atoms with Crippen LogP contribution in [0.3, 0.4) is 0 Å². The second-order valence-electron chi connectivity index (χ2n) is 4.24. The van der Waals surface area contributed by atoms with Crippen molar-refractivity contribution in [2.45, 2.75) is 11.8 Å². The van der Waals surface area contributed by atoms with E-state index in [1.54, 1.807) is 11.8 Å². The van der Waals surface area contributed by atoms with Gasteiger partial charge in [-0.3, -0.25) is 0 Å². The monoisotopic (exact) mass is 318 g/mol. The Bertz CT molecular complexity index is 599. The zero-order chi connectivity index (χ0) is 15.1. The highest BCUT2D eigenvalue weighted by Crippen LogP contribution is 2.25. The summed E-state index contributed by atoms with van der Waals surface area (Å²) in [5, 5.41) is 6.95. The third kappa shape index (κ3) is 4.65. The van der Waals surface area contributed by atoms with Gasteiger partial charge >= 0.3 is 0 Å². The lowest BCUT2D eigenvalue weighted by molar-refractivity contribution is 0.340. The molecular weight excluding hydrogens is 300 g/mol. The highest BCUT2D eigenvalue weighted by Gasteiger charge is 2.03. The molecule has 5 heteroatoms. The lowest BCUT2D eigenvalue weighted by atomic mass is 10.3. The molecule has 0 fully saturated rings. The van der Waals surface area contributed by atoms with Gasteiger partial charge in [-0.15, -0.1) is 11.8 Å². The molecule has 2 aromatic rings. The molecule has 0 unspecified atom stereocenters. The SMILES string of the molecule is CCOc1ccc(NC(=S)Nc2ccccc2SC)cc1. The van der Waals surface area contributed by atoms with Gasteiger partial charge in [0.05, 0.1) is 12.3 Å². The number of benzene rings is 2. The third-order valence-corrected chi connectivity index (χ3v) is 3.78. The number of thiocarbonyl (C=S) groups is 1. The molecule has 21 heavy (non-hydrogen) atoms. The maximum Gasteiger partial charge on any atom is 0.175 e. The van der Waals surface area contributed by atoms with Crippen LogP contribution in [0.5, 0.6) is 5.75 Å². The van der Waals surface area contributed by atoms with Crippen LogP contribution >= 0.6 is 24.0 Å². The van der Waals surface area contributed by atoms with Crippen LogP contribution in [-0.4, -0.2) is 18.0 Å². The Hall–Kier alpha value is -1.72. The number of hydrogen-bond acceptors (Lipinski definition) is 3. The van der Waals surface area contributed by atoms with Crippen molar-refractivity contribution in [1.29, 1.82) is 0 Å². The summed E-state index contributed by atoms with van der Waals surface area (Å²) < 4.78 is 5.41. The first-order valence-corrected chi connectivity index (χ1v) is 8.30. The fourth-order valence-corrected chi connectivity index (χ4v) is 2.62. The molecule has 0 saturated heterocycles. The number of para-hydroxylation sites is 1. The van der Waals surface area contributed by atoms with Crippen LogP contribution in [0.2, 0.25) is 0 Å². The van der Waals surface area contributed by atoms with E-state index in [0.29, 0.717) is 11.7 Å². The van der Waals surface area contributed by atoms with Gasteiger partial charge in [-0.2, -0.15) is 0 Å². The topological polar surface area (TPSA) is 33.3 Å². The van der Waals surface area contributed by atoms with Crippen molar-refractivity contribution >= 4 is 40.5 Å². The van der Waals surface area contributed by atoms with Crippen LogP contribution < -0.4 is 15.4 Å². The van der Waals surface area contributed by atoms with Crippen LogP contribution in [0.15, 0.2) is 53.4 Å². The molecule has 0 heterocycles. The first-order valence-electron chi connectivity index (χ1n) is 6.67. The highest BCUT2D eigenvalue weighted by molar-refractivity contribution is 7.98. The number of nitrogens with one attached hydrogen (secondary N) is 2. The van der Waals surface area contributed by atoms with Gasteiger partial charge in [-0.05, 0) is 61.8 Å². The van der Waals surface area contributed by atoms with Gasteiger partial charge in [-0.1, -0.05) is 12.1 Å². The zero-order valence-electron chi connectivity index (χ0n) is 12.1. The Morgan fingerprint density at radius 1 is 1.10 bits per heavy atom. The average molecular weight is 318 g/mol. The van der Waals surface area contributed by atoms with Crippen molar-refractivity contribution in [3.63, 3.8) is 0 Å². The van der Waals surface area contributed by atoms with E-state index >= 15 is 0 Å². The Kier molecular flexibility index (Phi) is 5.90. The van der Waals surface area contributed by atoms with Crippen molar-refractivity contribution < 1.29 is 4.74 Å². The quantitative estimate of drug-likeness (QED) is 0.621. The van der Waals surface area contributed by atoms with E-state index in [9.17, 15) is 0 Å². The lowest BCUT2D eigenvalue weighted by Crippen LogP contribution is -2.19. The summed E-state index contributed by atoms with van der Waals surface area (Å²) in [5.41, 5.74) is 1.94. The number of rotatable bonds is 5. The molecule has 0 saturated carbocycles. The maximum absolute atomic E-state index is 5.41. The van der Waals surface area contributed by atoms with Gasteiger partial charge < -0.3 is 15.4 Å². The van der Waals surface area contributed by atoms with E-state index in [-0.39, 0.29) is 0 Å². The van der Waals surface area contributed by atoms with E-state index in [4.69, 9.17) is 17.0 Å². The first kappa shape index (κ1) is 15.7. The third-order valence-electron chi connectivity index (χ3n) is 2.78. The number of hydrogen-bond donors (Lipinski definition) is 2. The van der Waals surface area contributed by atoms with Crippen LogP contribution in [-0.2, 0) is 0 Å². The standard InChI is InChI=1S/C16H18N2OS2/c1-3-19-13-10-8-12(9-11-13)17-16(20)18-14-6-4-5-7-15(14)21-2/h4-11H,3H2,1-2H3,(H2,17,18,20). The predicted octanol–water partition coefficient (Wildman–Crippen LogP) is 4.62. The van der Waals surface area contributed by atoms with Gasteiger partial charge in [0.1, 0.15) is 5.75 Å². The largest absolute Gasteiger partial charge is 0.494 e. The molecule has 0 bridgehead atoms. The minimum Gasteiger partial charge on any atom is -0.494 e. The summed E-state index contributed by atoms with van der Waals surface area (Å²) in [5.74, 6) is 0.856. The molecule has 2 rings (SSSR count). The van der Waals surface area contributed by atoms with Crippen molar-refractivity contribution in [3.8, 4) is 5.75 Å². The second kappa shape index (κ2) is 7.90. The second-order valence-corrected chi connectivity index (χ2v) is 5.49. The van der Waals surface area contributed by atoms with Crippen molar-refractivity contribution in [1.82, 2.24) is 0 Å². The molecule has 0 amide bonds. The maximum atomic E-state index is 5.41. The summed E-state index contributed by atoms with van der Waals surface area (Å²) in [7, 11) is 0. The zero-order valence-corrected chi connectivity index (χ0v) is 13.7. The fourth-order valence-electron chi connectivity index (χ4n) is 1.83. The van der Waals surface area contributed by atoms with Gasteiger partial charge in [0.25, 0.3) is 0 Å². The molecule has 0 aliphatic heterocycles. The van der Waals surface area contributed by atoms with Crippen LogP contribution in [0.4, 0.5) is 11.4 Å². The Morgan fingerprint density at radius 2 is 1.81 bits per heavy atom. The number of ether oxygens (including phenoxy) is 1. The van der Waals surface area contributed by atoms with E-state index in [2.05, 4.69) is 16.7 Å². The van der Waals surface area contributed by atoms with E-state index in [1.807, 2.05) is 55.6 Å². The molecular formula is C16H18N2OS2. The lowest BCUT2D eigenvalue weighted by Gasteiger charge is -2.13. The van der Waals surface area contributed by atoms with Crippen LogP contribution in [0.25, 0.3) is 0 Å². The fraction of sp³-hybridized carbons (Fsp3) is 0.188. The first-order chi connectivity index (χ1) is 10.2. The minimum absolute atomic E-state index is 0.570.